The Balaban J connectivity index is 2.15. The van der Waals surface area contributed by atoms with E-state index >= 15 is 0 Å². The number of hydrogen-bond acceptors (Lipinski definition) is 3. The highest BCUT2D eigenvalue weighted by atomic mass is 15.0. The van der Waals surface area contributed by atoms with Crippen LogP contribution in [-0.2, 0) is 18.3 Å². The molecule has 1 aliphatic rings. The van der Waals surface area contributed by atoms with Crippen molar-refractivity contribution < 1.29 is 0 Å². The van der Waals surface area contributed by atoms with Gasteiger partial charge in [-0.2, -0.15) is 0 Å². The summed E-state index contributed by atoms with van der Waals surface area (Å²) in [6, 6.07) is 0. The maximum absolute atomic E-state index is 4.86. The lowest BCUT2D eigenvalue weighted by Gasteiger charge is -2.30. The van der Waals surface area contributed by atoms with Gasteiger partial charge in [0.1, 0.15) is 5.82 Å². The first kappa shape index (κ1) is 16.4. The zero-order valence-electron chi connectivity index (χ0n) is 14.8. The summed E-state index contributed by atoms with van der Waals surface area (Å²) in [5.74, 6) is 1.70. The minimum atomic E-state index is 0.0322. The van der Waals surface area contributed by atoms with Gasteiger partial charge in [-0.25, -0.2) is 9.97 Å². The van der Waals surface area contributed by atoms with Crippen LogP contribution in [0.15, 0.2) is 0 Å². The van der Waals surface area contributed by atoms with Gasteiger partial charge in [0.25, 0.3) is 0 Å². The molecular weight excluding hydrogens is 258 g/mol. The van der Waals surface area contributed by atoms with Crippen LogP contribution in [0, 0.1) is 12.8 Å². The van der Waals surface area contributed by atoms with E-state index in [9.17, 15) is 0 Å². The fourth-order valence-corrected chi connectivity index (χ4v) is 2.82. The summed E-state index contributed by atoms with van der Waals surface area (Å²) in [4.78, 5) is 9.63. The Hall–Kier alpha value is -0.960. The average molecular weight is 289 g/mol. The van der Waals surface area contributed by atoms with E-state index in [1.165, 1.54) is 23.4 Å². The zero-order valence-corrected chi connectivity index (χ0v) is 14.8. The minimum absolute atomic E-state index is 0.0322. The van der Waals surface area contributed by atoms with Gasteiger partial charge >= 0.3 is 0 Å². The van der Waals surface area contributed by atoms with E-state index in [1.54, 1.807) is 0 Å². The van der Waals surface area contributed by atoms with E-state index in [0.717, 1.165) is 25.2 Å². The van der Waals surface area contributed by atoms with Gasteiger partial charge in [-0.15, -0.1) is 0 Å². The van der Waals surface area contributed by atoms with Gasteiger partial charge in [-0.3, -0.25) is 0 Å². The molecule has 0 fully saturated rings. The lowest BCUT2D eigenvalue weighted by molar-refractivity contribution is 0.345. The molecule has 3 heteroatoms. The third-order valence-electron chi connectivity index (χ3n) is 4.17. The standard InChI is InChI=1S/C18H31N3/c1-12-14-10-13(11-19-18(5,6)7)8-9-15(14)21-16(20-12)17(2,3)4/h13,19H,8-11H2,1-7H3. The van der Waals surface area contributed by atoms with Crippen LogP contribution in [0.2, 0.25) is 0 Å². The lowest BCUT2D eigenvalue weighted by Crippen LogP contribution is -2.40. The zero-order chi connectivity index (χ0) is 15.8. The highest BCUT2D eigenvalue weighted by Gasteiger charge is 2.26. The molecule has 3 nitrogen and oxygen atoms in total. The third kappa shape index (κ3) is 4.26. The predicted octanol–water partition coefficient (Wildman–Crippen LogP) is 3.58. The second-order valence-electron chi connectivity index (χ2n) is 8.55. The molecule has 1 aromatic heterocycles. The smallest absolute Gasteiger partial charge is 0.134 e. The highest BCUT2D eigenvalue weighted by molar-refractivity contribution is 5.29. The van der Waals surface area contributed by atoms with Crippen molar-refractivity contribution in [1.82, 2.24) is 15.3 Å². The van der Waals surface area contributed by atoms with E-state index in [4.69, 9.17) is 9.97 Å². The van der Waals surface area contributed by atoms with E-state index in [1.807, 2.05) is 0 Å². The van der Waals surface area contributed by atoms with Gasteiger partial charge < -0.3 is 5.32 Å². The number of nitrogens with zero attached hydrogens (tertiary/aromatic N) is 2. The van der Waals surface area contributed by atoms with Gasteiger partial charge in [-0.05, 0) is 65.0 Å². The number of aromatic nitrogens is 2. The van der Waals surface area contributed by atoms with Gasteiger partial charge in [-0.1, -0.05) is 20.8 Å². The molecule has 0 aromatic carbocycles. The maximum atomic E-state index is 4.86. The monoisotopic (exact) mass is 289 g/mol. The molecule has 0 radical (unpaired) electrons. The van der Waals surface area contributed by atoms with Crippen LogP contribution in [0.3, 0.4) is 0 Å². The fraction of sp³-hybridized carbons (Fsp3) is 0.778. The summed E-state index contributed by atoms with van der Waals surface area (Å²) in [6.45, 7) is 16.5. The Morgan fingerprint density at radius 2 is 1.76 bits per heavy atom. The predicted molar refractivity (Wildman–Crippen MR) is 88.7 cm³/mol. The van der Waals surface area contributed by atoms with Gasteiger partial charge in [0.15, 0.2) is 0 Å². The number of fused-ring (bicyclic) bond motifs is 1. The molecule has 1 heterocycles. The van der Waals surface area contributed by atoms with Gasteiger partial charge in [0.2, 0.25) is 0 Å². The Bertz CT molecular complexity index is 506. The first-order valence-corrected chi connectivity index (χ1v) is 8.18. The number of aryl methyl sites for hydroxylation is 2. The molecule has 0 bridgehead atoms. The van der Waals surface area contributed by atoms with Crippen molar-refractivity contribution in [1.29, 1.82) is 0 Å². The maximum Gasteiger partial charge on any atom is 0.134 e. The number of nitrogens with one attached hydrogen (secondary N) is 1. The minimum Gasteiger partial charge on any atom is -0.312 e. The van der Waals surface area contributed by atoms with Gasteiger partial charge in [0.05, 0.1) is 0 Å². The second kappa shape index (κ2) is 5.68. The van der Waals surface area contributed by atoms with Crippen LogP contribution >= 0.6 is 0 Å². The lowest BCUT2D eigenvalue weighted by atomic mass is 9.84. The van der Waals surface area contributed by atoms with E-state index in [0.29, 0.717) is 5.92 Å². The van der Waals surface area contributed by atoms with Crippen LogP contribution < -0.4 is 5.32 Å². The Morgan fingerprint density at radius 3 is 2.33 bits per heavy atom. The Labute approximate surface area is 130 Å². The normalized spacial score (nSPS) is 19.5. The Kier molecular flexibility index (Phi) is 4.44. The van der Waals surface area contributed by atoms with E-state index < -0.39 is 0 Å². The van der Waals surface area contributed by atoms with Crippen molar-refractivity contribution in [3.63, 3.8) is 0 Å². The van der Waals surface area contributed by atoms with Crippen molar-refractivity contribution in [2.75, 3.05) is 6.54 Å². The molecule has 0 saturated heterocycles. The van der Waals surface area contributed by atoms with E-state index in [-0.39, 0.29) is 11.0 Å². The molecule has 1 unspecified atom stereocenters. The van der Waals surface area contributed by atoms with Crippen LogP contribution in [0.1, 0.15) is 70.7 Å². The van der Waals surface area contributed by atoms with Crippen molar-refractivity contribution in [3.05, 3.63) is 22.8 Å². The molecule has 0 aliphatic heterocycles. The van der Waals surface area contributed by atoms with Gasteiger partial charge in [0, 0.05) is 22.3 Å². The van der Waals surface area contributed by atoms with Crippen molar-refractivity contribution in [3.8, 4) is 0 Å². The summed E-state index contributed by atoms with van der Waals surface area (Å²) in [7, 11) is 0. The van der Waals surface area contributed by atoms with E-state index in [2.05, 4.69) is 53.8 Å². The largest absolute Gasteiger partial charge is 0.312 e. The number of rotatable bonds is 2. The van der Waals surface area contributed by atoms with Crippen LogP contribution in [0.5, 0.6) is 0 Å². The SMILES string of the molecule is Cc1nc(C(C)(C)C)nc2c1CC(CNC(C)(C)C)CC2. The van der Waals surface area contributed by atoms with Crippen LogP contribution in [-0.4, -0.2) is 22.1 Å². The topological polar surface area (TPSA) is 37.8 Å². The summed E-state index contributed by atoms with van der Waals surface area (Å²) >= 11 is 0. The molecule has 0 amide bonds. The molecule has 0 saturated carbocycles. The first-order valence-electron chi connectivity index (χ1n) is 8.18. The molecular formula is C18H31N3. The molecule has 1 aromatic rings. The summed E-state index contributed by atoms with van der Waals surface area (Å²) in [5.41, 5.74) is 4.10. The molecule has 1 N–H and O–H groups in total. The molecule has 21 heavy (non-hydrogen) atoms. The number of hydrogen-bond donors (Lipinski definition) is 1. The quantitative estimate of drug-likeness (QED) is 0.904. The summed E-state index contributed by atoms with van der Waals surface area (Å²) in [6.07, 6.45) is 3.45. The molecule has 118 valence electrons. The summed E-state index contributed by atoms with van der Waals surface area (Å²) < 4.78 is 0. The molecule has 2 rings (SSSR count). The fourth-order valence-electron chi connectivity index (χ4n) is 2.82. The first-order chi connectivity index (χ1) is 9.56. The van der Waals surface area contributed by atoms with Crippen molar-refractivity contribution >= 4 is 0 Å². The summed E-state index contributed by atoms with van der Waals surface area (Å²) in [5, 5.41) is 3.64. The van der Waals surface area contributed by atoms with Crippen molar-refractivity contribution in [2.24, 2.45) is 5.92 Å². The third-order valence-corrected chi connectivity index (χ3v) is 4.17. The van der Waals surface area contributed by atoms with Crippen molar-refractivity contribution in [2.45, 2.75) is 78.7 Å². The molecule has 1 aliphatic carbocycles. The van der Waals surface area contributed by atoms with Crippen LogP contribution in [0.25, 0.3) is 0 Å². The molecule has 1 atom stereocenters. The second-order valence-corrected chi connectivity index (χ2v) is 8.55. The average Bonchev–Trinajstić information content (AvgIpc) is 2.34. The van der Waals surface area contributed by atoms with Crippen LogP contribution in [0.4, 0.5) is 0 Å². The Morgan fingerprint density at radius 1 is 1.10 bits per heavy atom. The highest BCUT2D eigenvalue weighted by Crippen LogP contribution is 2.28. The molecule has 0 spiro atoms.